The SMILES string of the molecule is CCCn1cnc2sc3c(c2c1=O)CCN(S(=O)(=O)c1cc(Cl)ccc1Cl)C3. The fourth-order valence-electron chi connectivity index (χ4n) is 3.41. The fourth-order valence-corrected chi connectivity index (χ4v) is 6.84. The van der Waals surface area contributed by atoms with Gasteiger partial charge >= 0.3 is 0 Å². The summed E-state index contributed by atoms with van der Waals surface area (Å²) in [4.78, 5) is 18.7. The molecule has 148 valence electrons. The van der Waals surface area contributed by atoms with Crippen molar-refractivity contribution in [1.82, 2.24) is 13.9 Å². The molecule has 1 aliphatic rings. The van der Waals surface area contributed by atoms with Crippen molar-refractivity contribution in [2.45, 2.75) is 37.8 Å². The van der Waals surface area contributed by atoms with Gasteiger partial charge in [-0.05, 0) is 36.6 Å². The van der Waals surface area contributed by atoms with Crippen molar-refractivity contribution >= 4 is 54.8 Å². The quantitative estimate of drug-likeness (QED) is 0.594. The number of halogens is 2. The van der Waals surface area contributed by atoms with Gasteiger partial charge in [-0.15, -0.1) is 11.3 Å². The number of rotatable bonds is 4. The van der Waals surface area contributed by atoms with Crippen molar-refractivity contribution in [1.29, 1.82) is 0 Å². The zero-order valence-electron chi connectivity index (χ0n) is 15.0. The van der Waals surface area contributed by atoms with Crippen molar-refractivity contribution in [3.63, 3.8) is 0 Å². The summed E-state index contributed by atoms with van der Waals surface area (Å²) in [7, 11) is -3.80. The van der Waals surface area contributed by atoms with Gasteiger partial charge in [0.2, 0.25) is 10.0 Å². The van der Waals surface area contributed by atoms with E-state index in [0.717, 1.165) is 16.9 Å². The van der Waals surface area contributed by atoms with E-state index in [-0.39, 0.29) is 28.6 Å². The summed E-state index contributed by atoms with van der Waals surface area (Å²) >= 11 is 13.5. The first-order valence-corrected chi connectivity index (χ1v) is 11.8. The molecular formula is C18H17Cl2N3O3S2. The van der Waals surface area contributed by atoms with E-state index in [4.69, 9.17) is 23.2 Å². The molecule has 1 aromatic carbocycles. The van der Waals surface area contributed by atoms with Crippen molar-refractivity contribution in [2.75, 3.05) is 6.54 Å². The summed E-state index contributed by atoms with van der Waals surface area (Å²) in [6, 6.07) is 4.40. The van der Waals surface area contributed by atoms with Crippen LogP contribution in [0.25, 0.3) is 10.2 Å². The Bertz CT molecular complexity index is 1230. The molecule has 3 heterocycles. The first kappa shape index (κ1) is 19.8. The van der Waals surface area contributed by atoms with Gasteiger partial charge in [-0.3, -0.25) is 9.36 Å². The van der Waals surface area contributed by atoms with Gasteiger partial charge in [-0.25, -0.2) is 13.4 Å². The van der Waals surface area contributed by atoms with Gasteiger partial charge in [-0.1, -0.05) is 30.1 Å². The molecule has 0 saturated carbocycles. The lowest BCUT2D eigenvalue weighted by Gasteiger charge is -2.26. The van der Waals surface area contributed by atoms with Crippen LogP contribution in [0.3, 0.4) is 0 Å². The van der Waals surface area contributed by atoms with Crippen LogP contribution in [0.15, 0.2) is 34.2 Å². The Morgan fingerprint density at radius 3 is 2.82 bits per heavy atom. The van der Waals surface area contributed by atoms with E-state index in [9.17, 15) is 13.2 Å². The maximum atomic E-state index is 13.1. The van der Waals surface area contributed by atoms with E-state index in [1.54, 1.807) is 17.0 Å². The van der Waals surface area contributed by atoms with Gasteiger partial charge in [0.05, 0.1) is 16.7 Å². The van der Waals surface area contributed by atoms with Crippen LogP contribution in [0, 0.1) is 0 Å². The van der Waals surface area contributed by atoms with Crippen LogP contribution >= 0.6 is 34.5 Å². The lowest BCUT2D eigenvalue weighted by Crippen LogP contribution is -2.35. The Hall–Kier alpha value is -1.45. The molecule has 0 fully saturated rings. The lowest BCUT2D eigenvalue weighted by atomic mass is 10.1. The highest BCUT2D eigenvalue weighted by atomic mass is 35.5. The molecule has 0 aliphatic carbocycles. The second-order valence-corrected chi connectivity index (χ2v) is 10.4. The van der Waals surface area contributed by atoms with Crippen LogP contribution < -0.4 is 5.56 Å². The van der Waals surface area contributed by atoms with Crippen molar-refractivity contribution in [2.24, 2.45) is 0 Å². The molecule has 0 N–H and O–H groups in total. The average Bonchev–Trinajstić information content (AvgIpc) is 3.04. The fraction of sp³-hybridized carbons (Fsp3) is 0.333. The third-order valence-corrected chi connectivity index (χ3v) is 8.45. The van der Waals surface area contributed by atoms with Gasteiger partial charge < -0.3 is 0 Å². The molecule has 4 rings (SSSR count). The Kier molecular flexibility index (Phi) is 5.26. The van der Waals surface area contributed by atoms with Crippen LogP contribution in [-0.4, -0.2) is 28.8 Å². The highest BCUT2D eigenvalue weighted by Gasteiger charge is 2.32. The number of benzene rings is 1. The summed E-state index contributed by atoms with van der Waals surface area (Å²) in [5, 5.41) is 1.06. The molecule has 0 spiro atoms. The number of nitrogens with zero attached hydrogens (tertiary/aromatic N) is 3. The number of hydrogen-bond acceptors (Lipinski definition) is 5. The third kappa shape index (κ3) is 3.27. The van der Waals surface area contributed by atoms with Crippen molar-refractivity contribution in [3.8, 4) is 0 Å². The van der Waals surface area contributed by atoms with Gasteiger partial charge in [0, 0.05) is 29.5 Å². The zero-order valence-corrected chi connectivity index (χ0v) is 18.1. The Morgan fingerprint density at radius 2 is 2.07 bits per heavy atom. The maximum Gasteiger partial charge on any atom is 0.262 e. The van der Waals surface area contributed by atoms with Crippen molar-refractivity contribution < 1.29 is 8.42 Å². The molecule has 3 aromatic rings. The first-order chi connectivity index (χ1) is 13.3. The van der Waals surface area contributed by atoms with E-state index < -0.39 is 10.0 Å². The standard InChI is InChI=1S/C18H17Cl2N3O3S2/c1-2-6-22-10-21-17-16(18(22)24)12-5-7-23(9-14(12)27-17)28(25,26)15-8-11(19)3-4-13(15)20/h3-4,8,10H,2,5-7,9H2,1H3. The normalized spacial score (nSPS) is 15.1. The van der Waals surface area contributed by atoms with Crippen LogP contribution in [0.4, 0.5) is 0 Å². The largest absolute Gasteiger partial charge is 0.299 e. The van der Waals surface area contributed by atoms with E-state index in [1.165, 1.54) is 27.8 Å². The number of aromatic nitrogens is 2. The molecule has 0 bridgehead atoms. The minimum atomic E-state index is -3.80. The smallest absolute Gasteiger partial charge is 0.262 e. The van der Waals surface area contributed by atoms with Crippen LogP contribution in [0.2, 0.25) is 10.0 Å². The molecular weight excluding hydrogens is 441 g/mol. The third-order valence-electron chi connectivity index (χ3n) is 4.77. The first-order valence-electron chi connectivity index (χ1n) is 8.77. The monoisotopic (exact) mass is 457 g/mol. The molecule has 1 aliphatic heterocycles. The highest BCUT2D eigenvalue weighted by Crippen LogP contribution is 2.36. The van der Waals surface area contributed by atoms with E-state index >= 15 is 0 Å². The minimum Gasteiger partial charge on any atom is -0.299 e. The number of aryl methyl sites for hydroxylation is 1. The summed E-state index contributed by atoms with van der Waals surface area (Å²) in [5.41, 5.74) is 0.852. The molecule has 10 heteroatoms. The zero-order chi connectivity index (χ0) is 20.1. The van der Waals surface area contributed by atoms with Gasteiger partial charge in [0.1, 0.15) is 9.73 Å². The molecule has 28 heavy (non-hydrogen) atoms. The van der Waals surface area contributed by atoms with Crippen LogP contribution in [-0.2, 0) is 29.5 Å². The van der Waals surface area contributed by atoms with Gasteiger partial charge in [0.25, 0.3) is 5.56 Å². The molecule has 0 radical (unpaired) electrons. The van der Waals surface area contributed by atoms with E-state index in [2.05, 4.69) is 4.98 Å². The molecule has 0 amide bonds. The summed E-state index contributed by atoms with van der Waals surface area (Å²) in [6.07, 6.45) is 2.86. The van der Waals surface area contributed by atoms with Crippen molar-refractivity contribution in [3.05, 3.63) is 55.4 Å². The summed E-state index contributed by atoms with van der Waals surface area (Å²) < 4.78 is 29.2. The highest BCUT2D eigenvalue weighted by molar-refractivity contribution is 7.89. The predicted octanol–water partition coefficient (Wildman–Crippen LogP) is 3.92. The Labute approximate surface area is 176 Å². The van der Waals surface area contributed by atoms with Gasteiger partial charge in [0.15, 0.2) is 0 Å². The van der Waals surface area contributed by atoms with E-state index in [1.807, 2.05) is 6.92 Å². The molecule has 0 atom stereocenters. The number of sulfonamides is 1. The maximum absolute atomic E-state index is 13.1. The number of hydrogen-bond donors (Lipinski definition) is 0. The minimum absolute atomic E-state index is 0.00495. The molecule has 0 unspecified atom stereocenters. The lowest BCUT2D eigenvalue weighted by molar-refractivity contribution is 0.396. The molecule has 6 nitrogen and oxygen atoms in total. The second kappa shape index (κ2) is 7.42. The Morgan fingerprint density at radius 1 is 1.29 bits per heavy atom. The Balaban J connectivity index is 1.75. The molecule has 2 aromatic heterocycles. The van der Waals surface area contributed by atoms with E-state index in [0.29, 0.717) is 28.2 Å². The van der Waals surface area contributed by atoms with Crippen LogP contribution in [0.1, 0.15) is 23.8 Å². The van der Waals surface area contributed by atoms with Crippen LogP contribution in [0.5, 0.6) is 0 Å². The second-order valence-electron chi connectivity index (χ2n) is 6.59. The molecule has 0 saturated heterocycles. The summed E-state index contributed by atoms with van der Waals surface area (Å²) in [6.45, 7) is 3.07. The summed E-state index contributed by atoms with van der Waals surface area (Å²) in [5.74, 6) is 0. The number of fused-ring (bicyclic) bond motifs is 3. The average molecular weight is 458 g/mol. The topological polar surface area (TPSA) is 72.3 Å². The van der Waals surface area contributed by atoms with Gasteiger partial charge in [-0.2, -0.15) is 4.31 Å². The predicted molar refractivity (Wildman–Crippen MR) is 112 cm³/mol. The number of thiophene rings is 1.